The van der Waals surface area contributed by atoms with Crippen LogP contribution in [0.2, 0.25) is 0 Å². The van der Waals surface area contributed by atoms with E-state index in [0.29, 0.717) is 5.75 Å². The fourth-order valence-electron chi connectivity index (χ4n) is 2.05. The van der Waals surface area contributed by atoms with Gasteiger partial charge in [0.25, 0.3) is 5.91 Å². The second-order valence-corrected chi connectivity index (χ2v) is 4.15. The molecule has 0 saturated heterocycles. The number of nitrogens with two attached hydrogens (primary N) is 1. The summed E-state index contributed by atoms with van der Waals surface area (Å²) in [4.78, 5) is 13.9. The van der Waals surface area contributed by atoms with E-state index >= 15 is 0 Å². The standard InChI is InChI=1S/C14H12N2O2/c15-14(17)8-18-13-7-16-12-6-10-4-2-1-3-9(10)5-11(12)13/h1-7,16H,8H2,(H2,15,17). The zero-order chi connectivity index (χ0) is 12.5. The zero-order valence-electron chi connectivity index (χ0n) is 9.64. The summed E-state index contributed by atoms with van der Waals surface area (Å²) in [5.74, 6) is 0.166. The van der Waals surface area contributed by atoms with E-state index in [2.05, 4.69) is 17.1 Å². The highest BCUT2D eigenvalue weighted by atomic mass is 16.5. The summed E-state index contributed by atoms with van der Waals surface area (Å²) in [7, 11) is 0. The minimum Gasteiger partial charge on any atom is -0.482 e. The van der Waals surface area contributed by atoms with Crippen molar-refractivity contribution in [2.75, 3.05) is 6.61 Å². The highest BCUT2D eigenvalue weighted by molar-refractivity contribution is 5.99. The molecule has 1 amide bonds. The minimum atomic E-state index is -0.481. The molecule has 0 spiro atoms. The average molecular weight is 240 g/mol. The van der Waals surface area contributed by atoms with Gasteiger partial charge in [-0.25, -0.2) is 0 Å². The number of primary amides is 1. The number of hydrogen-bond acceptors (Lipinski definition) is 2. The SMILES string of the molecule is NC(=O)COc1c[nH]c2cc3ccccc3cc12. The first kappa shape index (κ1) is 10.7. The maximum atomic E-state index is 10.7. The molecule has 0 bridgehead atoms. The third kappa shape index (κ3) is 1.78. The molecule has 0 radical (unpaired) electrons. The van der Waals surface area contributed by atoms with Gasteiger partial charge in [0.2, 0.25) is 0 Å². The molecule has 0 aliphatic heterocycles. The number of hydrogen-bond donors (Lipinski definition) is 2. The number of aromatic nitrogens is 1. The van der Waals surface area contributed by atoms with E-state index in [0.717, 1.165) is 21.7 Å². The summed E-state index contributed by atoms with van der Waals surface area (Å²) in [5, 5.41) is 3.25. The van der Waals surface area contributed by atoms with Crippen LogP contribution >= 0.6 is 0 Å². The van der Waals surface area contributed by atoms with E-state index in [1.54, 1.807) is 6.20 Å². The molecular formula is C14H12N2O2. The molecule has 0 atom stereocenters. The first-order chi connectivity index (χ1) is 8.74. The summed E-state index contributed by atoms with van der Waals surface area (Å²) >= 11 is 0. The van der Waals surface area contributed by atoms with Gasteiger partial charge in [0.1, 0.15) is 5.75 Å². The van der Waals surface area contributed by atoms with Crippen molar-refractivity contribution in [2.24, 2.45) is 5.73 Å². The van der Waals surface area contributed by atoms with E-state index in [9.17, 15) is 4.79 Å². The quantitative estimate of drug-likeness (QED) is 0.736. The number of rotatable bonds is 3. The molecule has 18 heavy (non-hydrogen) atoms. The lowest BCUT2D eigenvalue weighted by Crippen LogP contribution is -2.19. The van der Waals surface area contributed by atoms with Gasteiger partial charge in [0, 0.05) is 17.1 Å². The zero-order valence-corrected chi connectivity index (χ0v) is 9.64. The van der Waals surface area contributed by atoms with Gasteiger partial charge in [0.15, 0.2) is 6.61 Å². The average Bonchev–Trinajstić information content (AvgIpc) is 2.76. The van der Waals surface area contributed by atoms with Crippen molar-refractivity contribution in [3.05, 3.63) is 42.6 Å². The molecule has 1 aromatic heterocycles. The lowest BCUT2D eigenvalue weighted by atomic mass is 10.1. The lowest BCUT2D eigenvalue weighted by Gasteiger charge is -2.02. The Hall–Kier alpha value is -2.49. The maximum absolute atomic E-state index is 10.7. The Morgan fingerprint density at radius 3 is 2.67 bits per heavy atom. The van der Waals surface area contributed by atoms with Gasteiger partial charge in [-0.05, 0) is 22.9 Å². The smallest absolute Gasteiger partial charge is 0.255 e. The van der Waals surface area contributed by atoms with E-state index in [1.165, 1.54) is 0 Å². The van der Waals surface area contributed by atoms with E-state index in [-0.39, 0.29) is 6.61 Å². The number of aromatic amines is 1. The van der Waals surface area contributed by atoms with Crippen molar-refractivity contribution >= 4 is 27.6 Å². The molecule has 3 N–H and O–H groups in total. The van der Waals surface area contributed by atoms with Gasteiger partial charge in [-0.2, -0.15) is 0 Å². The molecule has 3 rings (SSSR count). The van der Waals surface area contributed by atoms with Crippen molar-refractivity contribution in [2.45, 2.75) is 0 Å². The van der Waals surface area contributed by atoms with E-state index in [1.807, 2.05) is 24.3 Å². The van der Waals surface area contributed by atoms with Gasteiger partial charge >= 0.3 is 0 Å². The molecule has 90 valence electrons. The fraction of sp³-hybridized carbons (Fsp3) is 0.0714. The minimum absolute atomic E-state index is 0.111. The fourth-order valence-corrected chi connectivity index (χ4v) is 2.05. The first-order valence-corrected chi connectivity index (χ1v) is 5.65. The topological polar surface area (TPSA) is 68.1 Å². The normalized spacial score (nSPS) is 10.9. The van der Waals surface area contributed by atoms with Gasteiger partial charge in [-0.3, -0.25) is 4.79 Å². The van der Waals surface area contributed by atoms with Crippen LogP contribution in [0, 0.1) is 0 Å². The predicted octanol–water partition coefficient (Wildman–Crippen LogP) is 2.19. The number of ether oxygens (including phenoxy) is 1. The van der Waals surface area contributed by atoms with Crippen LogP contribution in [-0.2, 0) is 4.79 Å². The van der Waals surface area contributed by atoms with Crippen LogP contribution in [0.15, 0.2) is 42.6 Å². The van der Waals surface area contributed by atoms with Crippen LogP contribution in [0.4, 0.5) is 0 Å². The van der Waals surface area contributed by atoms with Crippen LogP contribution in [0.5, 0.6) is 5.75 Å². The van der Waals surface area contributed by atoms with Crippen LogP contribution in [0.3, 0.4) is 0 Å². The van der Waals surface area contributed by atoms with E-state index < -0.39 is 5.91 Å². The second-order valence-electron chi connectivity index (χ2n) is 4.15. The highest BCUT2D eigenvalue weighted by Gasteiger charge is 2.07. The molecule has 0 aliphatic carbocycles. The summed E-state index contributed by atoms with van der Waals surface area (Å²) < 4.78 is 5.36. The summed E-state index contributed by atoms with van der Waals surface area (Å²) in [6, 6.07) is 12.2. The van der Waals surface area contributed by atoms with Gasteiger partial charge in [0.05, 0.1) is 0 Å². The van der Waals surface area contributed by atoms with Gasteiger partial charge in [-0.15, -0.1) is 0 Å². The van der Waals surface area contributed by atoms with Gasteiger partial charge in [-0.1, -0.05) is 24.3 Å². The summed E-state index contributed by atoms with van der Waals surface area (Å²) in [6.07, 6.45) is 1.74. The van der Waals surface area contributed by atoms with Crippen LogP contribution < -0.4 is 10.5 Å². The third-order valence-electron chi connectivity index (χ3n) is 2.88. The molecule has 0 saturated carbocycles. The Labute approximate surface area is 103 Å². The van der Waals surface area contributed by atoms with Gasteiger partial charge < -0.3 is 15.5 Å². The number of carbonyl (C=O) groups excluding carboxylic acids is 1. The van der Waals surface area contributed by atoms with Crippen LogP contribution in [-0.4, -0.2) is 17.5 Å². The summed E-state index contributed by atoms with van der Waals surface area (Å²) in [6.45, 7) is -0.111. The molecule has 1 heterocycles. The van der Waals surface area contributed by atoms with Crippen molar-refractivity contribution in [1.82, 2.24) is 4.98 Å². The molecule has 0 aliphatic rings. The molecule has 3 aromatic rings. The Balaban J connectivity index is 2.11. The monoisotopic (exact) mass is 240 g/mol. The van der Waals surface area contributed by atoms with Crippen molar-refractivity contribution in [3.63, 3.8) is 0 Å². The molecule has 4 nitrogen and oxygen atoms in total. The number of fused-ring (bicyclic) bond motifs is 2. The number of H-pyrrole nitrogens is 1. The first-order valence-electron chi connectivity index (χ1n) is 5.65. The highest BCUT2D eigenvalue weighted by Crippen LogP contribution is 2.29. The summed E-state index contributed by atoms with van der Waals surface area (Å²) in [5.41, 5.74) is 6.05. The predicted molar refractivity (Wildman–Crippen MR) is 70.5 cm³/mol. The van der Waals surface area contributed by atoms with Crippen molar-refractivity contribution in [1.29, 1.82) is 0 Å². The maximum Gasteiger partial charge on any atom is 0.255 e. The van der Waals surface area contributed by atoms with Crippen molar-refractivity contribution < 1.29 is 9.53 Å². The molecule has 0 unspecified atom stereocenters. The van der Waals surface area contributed by atoms with Crippen LogP contribution in [0.1, 0.15) is 0 Å². The second kappa shape index (κ2) is 4.07. The van der Waals surface area contributed by atoms with Crippen LogP contribution in [0.25, 0.3) is 21.7 Å². The number of carbonyl (C=O) groups is 1. The number of amides is 1. The Morgan fingerprint density at radius 1 is 1.22 bits per heavy atom. The largest absolute Gasteiger partial charge is 0.482 e. The number of benzene rings is 2. The van der Waals surface area contributed by atoms with Crippen molar-refractivity contribution in [3.8, 4) is 5.75 Å². The Bertz CT molecular complexity index is 731. The van der Waals surface area contributed by atoms with E-state index in [4.69, 9.17) is 10.5 Å². The molecular weight excluding hydrogens is 228 g/mol. The molecule has 2 aromatic carbocycles. The molecule has 0 fully saturated rings. The Kier molecular flexibility index (Phi) is 2.41. The lowest BCUT2D eigenvalue weighted by molar-refractivity contribution is -0.119. The molecule has 4 heteroatoms. The number of nitrogens with one attached hydrogen (secondary N) is 1. The third-order valence-corrected chi connectivity index (χ3v) is 2.88. The Morgan fingerprint density at radius 2 is 1.94 bits per heavy atom.